The molecule has 0 bridgehead atoms. The van der Waals surface area contributed by atoms with E-state index >= 15 is 0 Å². The average molecular weight is 509 g/mol. The van der Waals surface area contributed by atoms with Gasteiger partial charge >= 0.3 is 11.9 Å². The summed E-state index contributed by atoms with van der Waals surface area (Å²) < 4.78 is 0. The van der Waals surface area contributed by atoms with Gasteiger partial charge in [-0.2, -0.15) is 11.8 Å². The number of allylic oxidation sites excluding steroid dienone is 5. The van der Waals surface area contributed by atoms with Crippen molar-refractivity contribution in [2.24, 2.45) is 29.6 Å². The zero-order valence-electron chi connectivity index (χ0n) is 23.1. The molecule has 0 aliphatic rings. The van der Waals surface area contributed by atoms with Gasteiger partial charge in [0, 0.05) is 23.8 Å². The van der Waals surface area contributed by atoms with Crippen molar-refractivity contribution >= 4 is 29.5 Å². The Morgan fingerprint density at radius 3 is 1.77 bits per heavy atom. The average Bonchev–Trinajstić information content (AvgIpc) is 2.78. The molecule has 0 aliphatic heterocycles. The third-order valence-electron chi connectivity index (χ3n) is 7.09. The number of carbonyl (C=O) groups excluding carboxylic acids is 1. The number of Topliss-reactive ketones (excluding diaryl/α,β-unsaturated/α-hetero) is 1. The van der Waals surface area contributed by atoms with Crippen LogP contribution in [-0.2, 0) is 14.4 Å². The molecule has 0 rings (SSSR count). The minimum atomic E-state index is -0.952. The van der Waals surface area contributed by atoms with Gasteiger partial charge in [-0.25, -0.2) is 0 Å². The molecule has 200 valence electrons. The Bertz CT molecular complexity index is 776. The number of aliphatic carboxylic acids is 2. The SMILES string of the molecule is CC(C)=CCCC(C)=CCCC(C)=CCSCC(CC(=O)C(C)C(C)C(C)C(C)C(=O)O)C(=O)O. The monoisotopic (exact) mass is 508 g/mol. The summed E-state index contributed by atoms with van der Waals surface area (Å²) in [5.41, 5.74) is 4.06. The summed E-state index contributed by atoms with van der Waals surface area (Å²) in [5.74, 6) is -2.78. The maximum atomic E-state index is 12.8. The van der Waals surface area contributed by atoms with Crippen molar-refractivity contribution in [3.8, 4) is 0 Å². The van der Waals surface area contributed by atoms with Crippen molar-refractivity contribution in [2.45, 2.75) is 87.5 Å². The highest BCUT2D eigenvalue weighted by molar-refractivity contribution is 7.99. The zero-order valence-corrected chi connectivity index (χ0v) is 23.9. The molecule has 0 aromatic carbocycles. The Balaban J connectivity index is 4.60. The molecule has 0 amide bonds. The van der Waals surface area contributed by atoms with Gasteiger partial charge in [-0.05, 0) is 65.2 Å². The molecular weight excluding hydrogens is 460 g/mol. The lowest BCUT2D eigenvalue weighted by molar-refractivity contribution is -0.144. The van der Waals surface area contributed by atoms with Crippen LogP contribution in [0.15, 0.2) is 34.9 Å². The van der Waals surface area contributed by atoms with Crippen LogP contribution in [0.5, 0.6) is 0 Å². The van der Waals surface area contributed by atoms with E-state index in [1.54, 1.807) is 13.8 Å². The quantitative estimate of drug-likeness (QED) is 0.148. The smallest absolute Gasteiger partial charge is 0.307 e. The van der Waals surface area contributed by atoms with Crippen molar-refractivity contribution in [1.29, 1.82) is 0 Å². The van der Waals surface area contributed by atoms with Crippen molar-refractivity contribution in [3.05, 3.63) is 34.9 Å². The molecule has 0 aromatic heterocycles. The number of rotatable bonds is 18. The normalized spacial score (nSPS) is 16.7. The Kier molecular flexibility index (Phi) is 16.7. The first-order valence-electron chi connectivity index (χ1n) is 12.8. The van der Waals surface area contributed by atoms with Gasteiger partial charge in [0.2, 0.25) is 0 Å². The highest BCUT2D eigenvalue weighted by atomic mass is 32.2. The van der Waals surface area contributed by atoms with Crippen LogP contribution in [0, 0.1) is 29.6 Å². The molecule has 5 atom stereocenters. The second kappa shape index (κ2) is 17.6. The molecule has 0 heterocycles. The van der Waals surface area contributed by atoms with Crippen LogP contribution in [0.3, 0.4) is 0 Å². The summed E-state index contributed by atoms with van der Waals surface area (Å²) in [5, 5.41) is 18.9. The van der Waals surface area contributed by atoms with Crippen LogP contribution in [0.1, 0.15) is 87.5 Å². The first-order chi connectivity index (χ1) is 16.3. The molecule has 35 heavy (non-hydrogen) atoms. The molecule has 0 fully saturated rings. The van der Waals surface area contributed by atoms with E-state index in [0.717, 1.165) is 31.4 Å². The van der Waals surface area contributed by atoms with E-state index in [2.05, 4.69) is 45.9 Å². The fraction of sp³-hybridized carbons (Fsp3) is 0.690. The van der Waals surface area contributed by atoms with Gasteiger partial charge in [0.25, 0.3) is 0 Å². The van der Waals surface area contributed by atoms with Gasteiger partial charge in [-0.3, -0.25) is 14.4 Å². The fourth-order valence-corrected chi connectivity index (χ4v) is 4.91. The number of ketones is 1. The van der Waals surface area contributed by atoms with E-state index in [1.165, 1.54) is 28.5 Å². The van der Waals surface area contributed by atoms with Crippen molar-refractivity contribution in [2.75, 3.05) is 11.5 Å². The van der Waals surface area contributed by atoms with Gasteiger partial charge in [0.15, 0.2) is 0 Å². The molecule has 0 saturated heterocycles. The highest BCUT2D eigenvalue weighted by Crippen LogP contribution is 2.29. The molecule has 0 spiro atoms. The molecule has 6 heteroatoms. The summed E-state index contributed by atoms with van der Waals surface area (Å²) in [6.45, 7) is 15.7. The Morgan fingerprint density at radius 2 is 1.26 bits per heavy atom. The number of hydrogen-bond donors (Lipinski definition) is 2. The van der Waals surface area contributed by atoms with E-state index < -0.39 is 23.8 Å². The summed E-state index contributed by atoms with van der Waals surface area (Å²) in [6, 6.07) is 0. The Morgan fingerprint density at radius 1 is 0.743 bits per heavy atom. The summed E-state index contributed by atoms with van der Waals surface area (Å²) in [7, 11) is 0. The molecule has 5 unspecified atom stereocenters. The third-order valence-corrected chi connectivity index (χ3v) is 8.13. The van der Waals surface area contributed by atoms with Gasteiger partial charge < -0.3 is 10.2 Å². The molecular formula is C29H48O5S. The molecule has 2 N–H and O–H groups in total. The first-order valence-corrected chi connectivity index (χ1v) is 13.9. The molecule has 0 aliphatic carbocycles. The van der Waals surface area contributed by atoms with Gasteiger partial charge in [-0.15, -0.1) is 0 Å². The predicted octanol–water partition coefficient (Wildman–Crippen LogP) is 7.43. The van der Waals surface area contributed by atoms with E-state index in [4.69, 9.17) is 0 Å². The number of carbonyl (C=O) groups is 3. The van der Waals surface area contributed by atoms with Crippen LogP contribution >= 0.6 is 11.8 Å². The lowest BCUT2D eigenvalue weighted by atomic mass is 9.75. The number of hydrogen-bond acceptors (Lipinski definition) is 4. The van der Waals surface area contributed by atoms with Crippen molar-refractivity contribution in [1.82, 2.24) is 0 Å². The largest absolute Gasteiger partial charge is 0.481 e. The maximum absolute atomic E-state index is 12.8. The van der Waals surface area contributed by atoms with Crippen LogP contribution in [-0.4, -0.2) is 39.4 Å². The van der Waals surface area contributed by atoms with Crippen LogP contribution < -0.4 is 0 Å². The summed E-state index contributed by atoms with van der Waals surface area (Å²) in [6.07, 6.45) is 10.9. The van der Waals surface area contributed by atoms with Gasteiger partial charge in [0.05, 0.1) is 11.8 Å². The Hall–Kier alpha value is -1.82. The van der Waals surface area contributed by atoms with E-state index in [0.29, 0.717) is 5.75 Å². The first kappa shape index (κ1) is 33.2. The second-order valence-electron chi connectivity index (χ2n) is 10.3. The van der Waals surface area contributed by atoms with Crippen LogP contribution in [0.2, 0.25) is 0 Å². The summed E-state index contributed by atoms with van der Waals surface area (Å²) in [4.78, 5) is 35.8. The van der Waals surface area contributed by atoms with Crippen LogP contribution in [0.25, 0.3) is 0 Å². The standard InChI is InChI=1S/C29H48O5S/c1-19(2)11-9-12-20(3)13-10-14-21(4)15-16-35-18-26(29(33)34)17-27(30)24(7)22(5)23(6)25(8)28(31)32/h11,13,15,22-26H,9-10,12,14,16-18H2,1-8H3,(H,31,32)(H,33,34). The Labute approximate surface area is 217 Å². The van der Waals surface area contributed by atoms with Gasteiger partial charge in [0.1, 0.15) is 5.78 Å². The minimum absolute atomic E-state index is 0.0124. The van der Waals surface area contributed by atoms with E-state index in [-0.39, 0.29) is 30.0 Å². The zero-order chi connectivity index (χ0) is 27.1. The number of thioether (sulfide) groups is 1. The van der Waals surface area contributed by atoms with Gasteiger partial charge in [-0.1, -0.05) is 62.6 Å². The summed E-state index contributed by atoms with van der Waals surface area (Å²) >= 11 is 1.54. The lowest BCUT2D eigenvalue weighted by Gasteiger charge is -2.28. The lowest BCUT2D eigenvalue weighted by Crippen LogP contribution is -2.32. The predicted molar refractivity (Wildman–Crippen MR) is 148 cm³/mol. The third kappa shape index (κ3) is 14.4. The van der Waals surface area contributed by atoms with E-state index in [1.807, 2.05) is 13.8 Å². The molecule has 0 saturated carbocycles. The van der Waals surface area contributed by atoms with Crippen LogP contribution in [0.4, 0.5) is 0 Å². The molecule has 0 aromatic rings. The second-order valence-corrected chi connectivity index (χ2v) is 11.4. The van der Waals surface area contributed by atoms with E-state index in [9.17, 15) is 24.6 Å². The molecule has 0 radical (unpaired) electrons. The fourth-order valence-electron chi connectivity index (χ4n) is 3.83. The number of carboxylic acids is 2. The highest BCUT2D eigenvalue weighted by Gasteiger charge is 2.32. The molecule has 5 nitrogen and oxygen atoms in total. The topological polar surface area (TPSA) is 91.7 Å². The van der Waals surface area contributed by atoms with Crippen molar-refractivity contribution < 1.29 is 24.6 Å². The number of carboxylic acid groups (broad SMARTS) is 2. The maximum Gasteiger partial charge on any atom is 0.307 e. The minimum Gasteiger partial charge on any atom is -0.481 e. The van der Waals surface area contributed by atoms with Crippen molar-refractivity contribution in [3.63, 3.8) is 0 Å².